The van der Waals surface area contributed by atoms with Crippen LogP contribution in [0.25, 0.3) is 0 Å². The van der Waals surface area contributed by atoms with E-state index in [0.717, 1.165) is 11.1 Å². The molecule has 8 nitrogen and oxygen atoms in total. The number of aromatic nitrogens is 3. The first kappa shape index (κ1) is 19.1. The van der Waals surface area contributed by atoms with Gasteiger partial charge in [0, 0.05) is 0 Å². The van der Waals surface area contributed by atoms with Crippen molar-refractivity contribution in [3.63, 3.8) is 0 Å². The van der Waals surface area contributed by atoms with E-state index < -0.39 is 5.69 Å². The molecule has 0 atom stereocenters. The Balaban J connectivity index is 1.70. The Labute approximate surface area is 162 Å². The highest BCUT2D eigenvalue weighted by Crippen LogP contribution is 2.29. The molecule has 8 heteroatoms. The molecule has 2 aromatic carbocycles. The molecule has 0 saturated carbocycles. The number of hydrogen-bond acceptors (Lipinski definition) is 7. The van der Waals surface area contributed by atoms with Gasteiger partial charge in [0.25, 0.3) is 0 Å². The van der Waals surface area contributed by atoms with E-state index >= 15 is 0 Å². The third-order valence-electron chi connectivity index (χ3n) is 3.76. The third-order valence-corrected chi connectivity index (χ3v) is 3.76. The molecule has 2 N–H and O–H groups in total. The molecule has 0 aliphatic carbocycles. The molecule has 0 fully saturated rings. The summed E-state index contributed by atoms with van der Waals surface area (Å²) in [5, 5.41) is 10.2. The van der Waals surface area contributed by atoms with E-state index in [-0.39, 0.29) is 0 Å². The highest BCUT2D eigenvalue weighted by Gasteiger charge is 2.07. The van der Waals surface area contributed by atoms with E-state index in [0.29, 0.717) is 36.2 Å². The summed E-state index contributed by atoms with van der Waals surface area (Å²) >= 11 is 0. The third kappa shape index (κ3) is 5.16. The van der Waals surface area contributed by atoms with Crippen LogP contribution in [0.5, 0.6) is 11.5 Å². The Morgan fingerprint density at radius 1 is 1.14 bits per heavy atom. The maximum absolute atomic E-state index is 11.2. The fraction of sp³-hybridized carbons (Fsp3) is 0.200. The van der Waals surface area contributed by atoms with E-state index in [1.54, 1.807) is 13.1 Å². The molecule has 1 aromatic heterocycles. The van der Waals surface area contributed by atoms with Crippen molar-refractivity contribution in [3.8, 4) is 11.5 Å². The summed E-state index contributed by atoms with van der Waals surface area (Å²) in [6.45, 7) is 4.60. The van der Waals surface area contributed by atoms with Gasteiger partial charge in [-0.05, 0) is 43.2 Å². The van der Waals surface area contributed by atoms with Crippen molar-refractivity contribution >= 4 is 12.0 Å². The largest absolute Gasteiger partial charge is 0.490 e. The van der Waals surface area contributed by atoms with Gasteiger partial charge in [0.15, 0.2) is 17.3 Å². The number of benzene rings is 2. The smallest absolute Gasteiger partial charge is 0.363 e. The first-order chi connectivity index (χ1) is 13.7. The maximum Gasteiger partial charge on any atom is 0.363 e. The standard InChI is InChI=1S/C20H21N5O3/c1-3-27-18-11-16(12-21-24-19-14(2)23-25-20(26)22-19)9-10-17(18)28-13-15-7-5-4-6-8-15/h4-12H,3,13H2,1-2H3,(H2,22,24,25,26)/b21-12-. The number of aryl methyl sites for hydroxylation is 1. The number of hydrazone groups is 1. The minimum Gasteiger partial charge on any atom is -0.490 e. The summed E-state index contributed by atoms with van der Waals surface area (Å²) < 4.78 is 11.6. The van der Waals surface area contributed by atoms with Crippen LogP contribution in [0.4, 0.5) is 5.82 Å². The Bertz CT molecular complexity index is 1000. The van der Waals surface area contributed by atoms with Crippen LogP contribution in [0.2, 0.25) is 0 Å². The lowest BCUT2D eigenvalue weighted by Gasteiger charge is -2.12. The van der Waals surface area contributed by atoms with Crippen molar-refractivity contribution in [2.45, 2.75) is 20.5 Å². The van der Waals surface area contributed by atoms with Crippen LogP contribution >= 0.6 is 0 Å². The van der Waals surface area contributed by atoms with Gasteiger partial charge in [-0.15, -0.1) is 0 Å². The number of ether oxygens (including phenoxy) is 2. The fourth-order valence-corrected chi connectivity index (χ4v) is 2.39. The van der Waals surface area contributed by atoms with Crippen molar-refractivity contribution in [2.24, 2.45) is 5.10 Å². The predicted octanol–water partition coefficient (Wildman–Crippen LogP) is 2.90. The minimum atomic E-state index is -0.540. The van der Waals surface area contributed by atoms with Crippen molar-refractivity contribution in [2.75, 3.05) is 12.0 Å². The molecule has 3 aromatic rings. The van der Waals surface area contributed by atoms with Gasteiger partial charge in [0.05, 0.1) is 12.8 Å². The van der Waals surface area contributed by atoms with E-state index in [4.69, 9.17) is 9.47 Å². The number of nitrogens with one attached hydrogen (secondary N) is 2. The molecule has 1 heterocycles. The van der Waals surface area contributed by atoms with E-state index in [9.17, 15) is 4.79 Å². The number of nitrogens with zero attached hydrogens (tertiary/aromatic N) is 3. The van der Waals surface area contributed by atoms with E-state index in [1.807, 2.05) is 55.5 Å². The summed E-state index contributed by atoms with van der Waals surface area (Å²) in [4.78, 5) is 15.0. The second-order valence-electron chi connectivity index (χ2n) is 5.86. The molecule has 3 rings (SSSR count). The number of aromatic amines is 1. The first-order valence-corrected chi connectivity index (χ1v) is 8.81. The molecule has 0 radical (unpaired) electrons. The summed E-state index contributed by atoms with van der Waals surface area (Å²) in [6.07, 6.45) is 1.60. The van der Waals surface area contributed by atoms with Crippen LogP contribution in [0.15, 0.2) is 58.4 Å². The molecule has 144 valence electrons. The fourth-order valence-electron chi connectivity index (χ4n) is 2.39. The molecular weight excluding hydrogens is 358 g/mol. The van der Waals surface area contributed by atoms with Crippen LogP contribution in [0, 0.1) is 6.92 Å². The van der Waals surface area contributed by atoms with Gasteiger partial charge in [-0.25, -0.2) is 9.89 Å². The molecule has 0 saturated heterocycles. The van der Waals surface area contributed by atoms with Gasteiger partial charge in [0.1, 0.15) is 12.3 Å². The van der Waals surface area contributed by atoms with Gasteiger partial charge in [-0.2, -0.15) is 15.2 Å². The second-order valence-corrected chi connectivity index (χ2v) is 5.86. The lowest BCUT2D eigenvalue weighted by atomic mass is 10.2. The quantitative estimate of drug-likeness (QED) is 0.461. The zero-order chi connectivity index (χ0) is 19.8. The van der Waals surface area contributed by atoms with Crippen molar-refractivity contribution in [1.82, 2.24) is 15.2 Å². The average molecular weight is 379 g/mol. The maximum atomic E-state index is 11.2. The monoisotopic (exact) mass is 379 g/mol. The zero-order valence-corrected chi connectivity index (χ0v) is 15.7. The van der Waals surface area contributed by atoms with Crippen LogP contribution < -0.4 is 20.6 Å². The lowest BCUT2D eigenvalue weighted by molar-refractivity contribution is 0.269. The second kappa shape index (κ2) is 9.31. The first-order valence-electron chi connectivity index (χ1n) is 8.81. The Morgan fingerprint density at radius 3 is 2.75 bits per heavy atom. The molecule has 0 amide bonds. The molecule has 0 spiro atoms. The number of rotatable bonds is 8. The normalized spacial score (nSPS) is 10.8. The number of hydrogen-bond donors (Lipinski definition) is 2. The highest BCUT2D eigenvalue weighted by molar-refractivity contribution is 5.81. The topological polar surface area (TPSA) is 101 Å². The van der Waals surface area contributed by atoms with Crippen LogP contribution in [-0.4, -0.2) is 28.0 Å². The van der Waals surface area contributed by atoms with Crippen LogP contribution in [-0.2, 0) is 6.61 Å². The van der Waals surface area contributed by atoms with Crippen molar-refractivity contribution < 1.29 is 9.47 Å². The van der Waals surface area contributed by atoms with Crippen LogP contribution in [0.1, 0.15) is 23.7 Å². The summed E-state index contributed by atoms with van der Waals surface area (Å²) in [7, 11) is 0. The zero-order valence-electron chi connectivity index (χ0n) is 15.7. The molecule has 0 bridgehead atoms. The van der Waals surface area contributed by atoms with Crippen LogP contribution in [0.3, 0.4) is 0 Å². The number of H-pyrrole nitrogens is 1. The highest BCUT2D eigenvalue weighted by atomic mass is 16.5. The van der Waals surface area contributed by atoms with Crippen molar-refractivity contribution in [3.05, 3.63) is 75.8 Å². The molecular formula is C20H21N5O3. The number of anilines is 1. The molecule has 28 heavy (non-hydrogen) atoms. The van der Waals surface area contributed by atoms with Gasteiger partial charge in [-0.3, -0.25) is 5.43 Å². The minimum absolute atomic E-state index is 0.299. The average Bonchev–Trinajstić information content (AvgIpc) is 2.71. The predicted molar refractivity (Wildman–Crippen MR) is 107 cm³/mol. The van der Waals surface area contributed by atoms with E-state index in [2.05, 4.69) is 25.7 Å². The van der Waals surface area contributed by atoms with Crippen molar-refractivity contribution in [1.29, 1.82) is 0 Å². The van der Waals surface area contributed by atoms with Gasteiger partial charge < -0.3 is 9.47 Å². The summed E-state index contributed by atoms with van der Waals surface area (Å²) in [5.41, 5.74) is 4.60. The Kier molecular flexibility index (Phi) is 6.35. The summed E-state index contributed by atoms with van der Waals surface area (Å²) in [5.74, 6) is 1.59. The Hall–Kier alpha value is -3.68. The molecule has 0 unspecified atom stereocenters. The van der Waals surface area contributed by atoms with Gasteiger partial charge >= 0.3 is 5.69 Å². The SMILES string of the molecule is CCOc1cc(/C=N\Nc2nc(=O)[nH]nc2C)ccc1OCc1ccccc1. The van der Waals surface area contributed by atoms with Gasteiger partial charge in [-0.1, -0.05) is 30.3 Å². The molecule has 0 aliphatic heterocycles. The summed E-state index contributed by atoms with van der Waals surface area (Å²) in [6, 6.07) is 15.5. The lowest BCUT2D eigenvalue weighted by Crippen LogP contribution is -2.15. The van der Waals surface area contributed by atoms with Gasteiger partial charge in [0.2, 0.25) is 0 Å². The Morgan fingerprint density at radius 2 is 1.96 bits per heavy atom. The van der Waals surface area contributed by atoms with E-state index in [1.165, 1.54) is 0 Å². The molecule has 0 aliphatic rings.